The van der Waals surface area contributed by atoms with Gasteiger partial charge in [-0.15, -0.1) is 0 Å². The number of benzene rings is 1. The van der Waals surface area contributed by atoms with Crippen LogP contribution in [-0.4, -0.2) is 22.8 Å². The largest absolute Gasteiger partial charge is 0.393 e. The normalized spacial score (nSPS) is 11.9. The van der Waals surface area contributed by atoms with Crippen LogP contribution in [0.5, 0.6) is 0 Å². The summed E-state index contributed by atoms with van der Waals surface area (Å²) in [6, 6.07) is 6.35. The number of thiocarbonyl (C=S) groups is 1. The molecule has 92 valence electrons. The van der Waals surface area contributed by atoms with Crippen molar-refractivity contribution in [2.45, 2.75) is 13.5 Å². The van der Waals surface area contributed by atoms with Crippen molar-refractivity contribution in [2.24, 2.45) is 11.7 Å². The molecule has 1 rings (SSSR count). The lowest BCUT2D eigenvalue weighted by atomic mass is 10.1. The van der Waals surface area contributed by atoms with Gasteiger partial charge in [-0.2, -0.15) is 0 Å². The van der Waals surface area contributed by atoms with Crippen molar-refractivity contribution in [3.05, 3.63) is 35.6 Å². The average molecular weight is 254 g/mol. The summed E-state index contributed by atoms with van der Waals surface area (Å²) in [6.45, 7) is 1.85. The van der Waals surface area contributed by atoms with Crippen LogP contribution in [-0.2, 0) is 11.3 Å². The van der Waals surface area contributed by atoms with Crippen LogP contribution in [0.1, 0.15) is 12.5 Å². The standard InChI is InChI=1S/C12H15FN2OS/c1-8(11(14)17)12(16)15(2)7-9-5-3-4-6-10(9)13/h3-6,8H,7H2,1-2H3,(H2,14,17). The second-order valence-corrected chi connectivity index (χ2v) is 4.38. The van der Waals surface area contributed by atoms with E-state index in [1.165, 1.54) is 11.0 Å². The van der Waals surface area contributed by atoms with Gasteiger partial charge >= 0.3 is 0 Å². The van der Waals surface area contributed by atoms with Crippen molar-refractivity contribution < 1.29 is 9.18 Å². The zero-order valence-electron chi connectivity index (χ0n) is 9.81. The first-order valence-corrected chi connectivity index (χ1v) is 5.62. The molecule has 17 heavy (non-hydrogen) atoms. The first-order chi connectivity index (χ1) is 7.93. The summed E-state index contributed by atoms with van der Waals surface area (Å²) in [6.07, 6.45) is 0. The van der Waals surface area contributed by atoms with E-state index in [1.54, 1.807) is 32.2 Å². The van der Waals surface area contributed by atoms with Gasteiger partial charge in [0.05, 0.1) is 10.9 Å². The third-order valence-corrected chi connectivity index (χ3v) is 2.89. The summed E-state index contributed by atoms with van der Waals surface area (Å²) in [4.78, 5) is 13.4. The molecular weight excluding hydrogens is 239 g/mol. The molecule has 0 bridgehead atoms. The molecule has 0 saturated heterocycles. The molecule has 0 aliphatic carbocycles. The van der Waals surface area contributed by atoms with Crippen LogP contribution in [0.2, 0.25) is 0 Å². The lowest BCUT2D eigenvalue weighted by molar-refractivity contribution is -0.132. The maximum absolute atomic E-state index is 13.4. The Balaban J connectivity index is 2.73. The minimum absolute atomic E-state index is 0.149. The molecule has 0 aliphatic rings. The van der Waals surface area contributed by atoms with Gasteiger partial charge in [0, 0.05) is 19.2 Å². The van der Waals surface area contributed by atoms with Crippen LogP contribution >= 0.6 is 12.2 Å². The second-order valence-electron chi connectivity index (χ2n) is 3.91. The van der Waals surface area contributed by atoms with E-state index in [-0.39, 0.29) is 23.3 Å². The number of carbonyl (C=O) groups is 1. The van der Waals surface area contributed by atoms with Gasteiger partial charge in [0.25, 0.3) is 0 Å². The molecule has 0 heterocycles. The molecule has 1 aromatic carbocycles. The number of hydrogen-bond donors (Lipinski definition) is 1. The van der Waals surface area contributed by atoms with E-state index < -0.39 is 5.92 Å². The number of nitrogens with zero attached hydrogens (tertiary/aromatic N) is 1. The van der Waals surface area contributed by atoms with E-state index in [2.05, 4.69) is 0 Å². The first-order valence-electron chi connectivity index (χ1n) is 5.21. The van der Waals surface area contributed by atoms with Crippen LogP contribution < -0.4 is 5.73 Å². The molecule has 5 heteroatoms. The molecule has 1 atom stereocenters. The molecule has 1 aromatic rings. The van der Waals surface area contributed by atoms with Crippen molar-refractivity contribution in [3.8, 4) is 0 Å². The van der Waals surface area contributed by atoms with Crippen molar-refractivity contribution in [2.75, 3.05) is 7.05 Å². The van der Waals surface area contributed by atoms with Crippen molar-refractivity contribution in [1.82, 2.24) is 4.90 Å². The Kier molecular flexibility index (Phi) is 4.57. The zero-order valence-corrected chi connectivity index (χ0v) is 10.6. The van der Waals surface area contributed by atoms with Crippen molar-refractivity contribution >= 4 is 23.1 Å². The molecule has 3 nitrogen and oxygen atoms in total. The van der Waals surface area contributed by atoms with E-state index in [9.17, 15) is 9.18 Å². The van der Waals surface area contributed by atoms with E-state index in [0.29, 0.717) is 5.56 Å². The SMILES string of the molecule is CC(C(=O)N(C)Cc1ccccc1F)C(N)=S. The Morgan fingerprint density at radius 3 is 2.65 bits per heavy atom. The van der Waals surface area contributed by atoms with Crippen LogP contribution in [0, 0.1) is 11.7 Å². The van der Waals surface area contributed by atoms with Gasteiger partial charge in [-0.05, 0) is 13.0 Å². The summed E-state index contributed by atoms with van der Waals surface area (Å²) in [5.41, 5.74) is 5.88. The van der Waals surface area contributed by atoms with E-state index in [0.717, 1.165) is 0 Å². The fourth-order valence-corrected chi connectivity index (χ4v) is 1.51. The Hall–Kier alpha value is -1.49. The quantitative estimate of drug-likeness (QED) is 0.832. The van der Waals surface area contributed by atoms with E-state index in [4.69, 9.17) is 18.0 Å². The number of nitrogens with two attached hydrogens (primary N) is 1. The number of hydrogen-bond acceptors (Lipinski definition) is 2. The van der Waals surface area contributed by atoms with Gasteiger partial charge in [-0.3, -0.25) is 4.79 Å². The zero-order chi connectivity index (χ0) is 13.0. The van der Waals surface area contributed by atoms with Gasteiger partial charge in [-0.25, -0.2) is 4.39 Å². The third-order valence-electron chi connectivity index (χ3n) is 2.54. The summed E-state index contributed by atoms with van der Waals surface area (Å²) in [5.74, 6) is -1.06. The Morgan fingerprint density at radius 1 is 1.53 bits per heavy atom. The summed E-state index contributed by atoms with van der Waals surface area (Å²) in [5, 5.41) is 0. The summed E-state index contributed by atoms with van der Waals surface area (Å²) < 4.78 is 13.4. The molecule has 0 spiro atoms. The van der Waals surface area contributed by atoms with Gasteiger partial charge in [0.15, 0.2) is 0 Å². The third kappa shape index (κ3) is 3.49. The fourth-order valence-electron chi connectivity index (χ4n) is 1.41. The highest BCUT2D eigenvalue weighted by Gasteiger charge is 2.20. The number of carbonyl (C=O) groups excluding carboxylic acids is 1. The molecule has 1 unspecified atom stereocenters. The average Bonchev–Trinajstić information content (AvgIpc) is 2.30. The van der Waals surface area contributed by atoms with Gasteiger partial charge in [-0.1, -0.05) is 30.4 Å². The molecule has 0 aromatic heterocycles. The highest BCUT2D eigenvalue weighted by molar-refractivity contribution is 7.80. The maximum Gasteiger partial charge on any atom is 0.232 e. The number of amides is 1. The molecule has 0 aliphatic heterocycles. The number of rotatable bonds is 4. The van der Waals surface area contributed by atoms with Crippen LogP contribution in [0.3, 0.4) is 0 Å². The highest BCUT2D eigenvalue weighted by atomic mass is 32.1. The minimum Gasteiger partial charge on any atom is -0.393 e. The van der Waals surface area contributed by atoms with Crippen molar-refractivity contribution in [1.29, 1.82) is 0 Å². The monoisotopic (exact) mass is 254 g/mol. The van der Waals surface area contributed by atoms with Crippen LogP contribution in [0.15, 0.2) is 24.3 Å². The van der Waals surface area contributed by atoms with Gasteiger partial charge in [0.2, 0.25) is 5.91 Å². The lowest BCUT2D eigenvalue weighted by Gasteiger charge is -2.21. The highest BCUT2D eigenvalue weighted by Crippen LogP contribution is 2.11. The van der Waals surface area contributed by atoms with Crippen LogP contribution in [0.4, 0.5) is 4.39 Å². The van der Waals surface area contributed by atoms with E-state index in [1.807, 2.05) is 0 Å². The van der Waals surface area contributed by atoms with Gasteiger partial charge in [0.1, 0.15) is 5.82 Å². The molecule has 0 saturated carbocycles. The summed E-state index contributed by atoms with van der Waals surface area (Å²) >= 11 is 4.76. The minimum atomic E-state index is -0.526. The predicted octanol–water partition coefficient (Wildman–Crippen LogP) is 1.71. The van der Waals surface area contributed by atoms with Crippen LogP contribution in [0.25, 0.3) is 0 Å². The second kappa shape index (κ2) is 5.72. The van der Waals surface area contributed by atoms with Crippen molar-refractivity contribution in [3.63, 3.8) is 0 Å². The number of halogens is 1. The Labute approximate surface area is 105 Å². The maximum atomic E-state index is 13.4. The smallest absolute Gasteiger partial charge is 0.232 e. The lowest BCUT2D eigenvalue weighted by Crippen LogP contribution is -2.37. The Bertz CT molecular complexity index is 436. The predicted molar refractivity (Wildman–Crippen MR) is 68.8 cm³/mol. The topological polar surface area (TPSA) is 46.3 Å². The fraction of sp³-hybridized carbons (Fsp3) is 0.333. The first kappa shape index (κ1) is 13.6. The molecule has 1 amide bonds. The van der Waals surface area contributed by atoms with E-state index >= 15 is 0 Å². The van der Waals surface area contributed by atoms with Gasteiger partial charge < -0.3 is 10.6 Å². The molecule has 0 fully saturated rings. The summed E-state index contributed by atoms with van der Waals surface area (Å²) in [7, 11) is 1.60. The molecule has 2 N–H and O–H groups in total. The molecular formula is C12H15FN2OS. The Morgan fingerprint density at radius 2 is 2.12 bits per heavy atom. The molecule has 0 radical (unpaired) electrons.